The van der Waals surface area contributed by atoms with Crippen LogP contribution in [0.4, 0.5) is 0 Å². The highest BCUT2D eigenvalue weighted by Gasteiger charge is 2.34. The van der Waals surface area contributed by atoms with E-state index in [0.29, 0.717) is 11.4 Å². The summed E-state index contributed by atoms with van der Waals surface area (Å²) >= 11 is 7.74. The van der Waals surface area contributed by atoms with Gasteiger partial charge < -0.3 is 4.74 Å². The van der Waals surface area contributed by atoms with Crippen LogP contribution in [0, 0.1) is 0 Å². The smallest absolute Gasteiger partial charge is 0.165 e. The molecule has 0 aromatic heterocycles. The Bertz CT molecular complexity index is 763. The minimum atomic E-state index is 0.124. The van der Waals surface area contributed by atoms with Crippen LogP contribution in [-0.4, -0.2) is 18.6 Å². The first-order valence-electron chi connectivity index (χ1n) is 7.94. The Hall–Kier alpha value is -1.71. The molecule has 1 aliphatic carbocycles. The van der Waals surface area contributed by atoms with E-state index < -0.39 is 0 Å². The maximum Gasteiger partial charge on any atom is 0.165 e. The van der Waals surface area contributed by atoms with Crippen molar-refractivity contribution in [3.05, 3.63) is 69.6 Å². The van der Waals surface area contributed by atoms with Crippen molar-refractivity contribution in [3.63, 3.8) is 0 Å². The van der Waals surface area contributed by atoms with Crippen molar-refractivity contribution >= 4 is 34.7 Å². The van der Waals surface area contributed by atoms with E-state index in [9.17, 15) is 4.79 Å². The van der Waals surface area contributed by atoms with Gasteiger partial charge in [0.15, 0.2) is 5.78 Å². The Morgan fingerprint density at radius 2 is 1.79 bits per heavy atom. The first-order valence-corrected chi connectivity index (χ1v) is 9.30. The average Bonchev–Trinajstić information content (AvgIpc) is 2.92. The summed E-state index contributed by atoms with van der Waals surface area (Å²) < 4.78 is 5.23. The lowest BCUT2D eigenvalue weighted by Crippen LogP contribution is -1.98. The zero-order valence-corrected chi connectivity index (χ0v) is 15.3. The van der Waals surface area contributed by atoms with Gasteiger partial charge in [0, 0.05) is 27.8 Å². The molecule has 1 atom stereocenters. The van der Waals surface area contributed by atoms with Crippen LogP contribution in [0.2, 0.25) is 5.02 Å². The molecule has 2 aromatic rings. The molecule has 0 bridgehead atoms. The number of hydrogen-bond donors (Lipinski definition) is 0. The highest BCUT2D eigenvalue weighted by Crippen LogP contribution is 2.47. The van der Waals surface area contributed by atoms with E-state index in [1.165, 1.54) is 0 Å². The van der Waals surface area contributed by atoms with E-state index in [1.54, 1.807) is 18.9 Å². The van der Waals surface area contributed by atoms with Crippen molar-refractivity contribution in [3.8, 4) is 5.75 Å². The Labute approximate surface area is 151 Å². The SMILES string of the molecule is CCSC1=C(c2ccc(Cl)cc2)C(=O)CC1c1ccc(OC)cc1. The van der Waals surface area contributed by atoms with Gasteiger partial charge in [0.05, 0.1) is 7.11 Å². The molecule has 0 saturated carbocycles. The summed E-state index contributed by atoms with van der Waals surface area (Å²) in [5.41, 5.74) is 2.96. The molecule has 2 nitrogen and oxygen atoms in total. The lowest BCUT2D eigenvalue weighted by Gasteiger charge is -2.15. The third kappa shape index (κ3) is 3.38. The number of carbonyl (C=O) groups is 1. The van der Waals surface area contributed by atoms with Crippen molar-refractivity contribution in [2.75, 3.05) is 12.9 Å². The molecule has 0 N–H and O–H groups in total. The number of hydrogen-bond acceptors (Lipinski definition) is 3. The van der Waals surface area contributed by atoms with Crippen LogP contribution in [0.1, 0.15) is 30.4 Å². The van der Waals surface area contributed by atoms with Crippen molar-refractivity contribution in [2.24, 2.45) is 0 Å². The number of Topliss-reactive ketones (excluding diaryl/α,β-unsaturated/α-hetero) is 1. The lowest BCUT2D eigenvalue weighted by atomic mass is 9.98. The van der Waals surface area contributed by atoms with Gasteiger partial charge >= 0.3 is 0 Å². The molecule has 2 aromatic carbocycles. The zero-order chi connectivity index (χ0) is 17.1. The molecule has 0 fully saturated rings. The second kappa shape index (κ2) is 7.45. The molecule has 0 radical (unpaired) electrons. The summed E-state index contributed by atoms with van der Waals surface area (Å²) in [6, 6.07) is 15.6. The van der Waals surface area contributed by atoms with E-state index in [2.05, 4.69) is 19.1 Å². The normalized spacial score (nSPS) is 17.5. The van der Waals surface area contributed by atoms with Gasteiger partial charge in [0.1, 0.15) is 5.75 Å². The Morgan fingerprint density at radius 3 is 2.38 bits per heavy atom. The quantitative estimate of drug-likeness (QED) is 0.699. The molecule has 4 heteroatoms. The molecule has 0 amide bonds. The molecule has 0 aliphatic heterocycles. The third-order valence-electron chi connectivity index (χ3n) is 4.18. The van der Waals surface area contributed by atoms with E-state index in [4.69, 9.17) is 16.3 Å². The van der Waals surface area contributed by atoms with Gasteiger partial charge in [-0.25, -0.2) is 0 Å². The summed E-state index contributed by atoms with van der Waals surface area (Å²) in [4.78, 5) is 13.9. The van der Waals surface area contributed by atoms with Gasteiger partial charge in [0.25, 0.3) is 0 Å². The predicted molar refractivity (Wildman–Crippen MR) is 102 cm³/mol. The molecule has 24 heavy (non-hydrogen) atoms. The van der Waals surface area contributed by atoms with Crippen molar-refractivity contribution in [2.45, 2.75) is 19.3 Å². The van der Waals surface area contributed by atoms with Gasteiger partial charge in [-0.1, -0.05) is 42.8 Å². The van der Waals surface area contributed by atoms with Gasteiger partial charge in [0.2, 0.25) is 0 Å². The fourth-order valence-corrected chi connectivity index (χ4v) is 4.28. The number of thioether (sulfide) groups is 1. The summed E-state index contributed by atoms with van der Waals surface area (Å²) in [7, 11) is 1.66. The zero-order valence-electron chi connectivity index (χ0n) is 13.7. The van der Waals surface area contributed by atoms with Crippen LogP contribution in [0.5, 0.6) is 5.75 Å². The summed E-state index contributed by atoms with van der Waals surface area (Å²) in [5, 5.41) is 0.682. The molecule has 0 heterocycles. The number of ether oxygens (including phenoxy) is 1. The molecule has 1 unspecified atom stereocenters. The van der Waals surface area contributed by atoms with Crippen molar-refractivity contribution in [1.29, 1.82) is 0 Å². The van der Waals surface area contributed by atoms with Crippen LogP contribution < -0.4 is 4.74 Å². The van der Waals surface area contributed by atoms with Gasteiger partial charge in [-0.3, -0.25) is 4.79 Å². The molecule has 3 rings (SSSR count). The standard InChI is InChI=1S/C20H19ClO2S/c1-3-24-20-17(13-6-10-16(23-2)11-7-13)12-18(22)19(20)14-4-8-15(21)9-5-14/h4-11,17H,3,12H2,1-2H3. The summed E-state index contributed by atoms with van der Waals surface area (Å²) in [6.45, 7) is 2.12. The minimum absolute atomic E-state index is 0.124. The maximum atomic E-state index is 12.7. The number of allylic oxidation sites excluding steroid dienone is 2. The third-order valence-corrected chi connectivity index (χ3v) is 5.52. The summed E-state index contributed by atoms with van der Waals surface area (Å²) in [6.07, 6.45) is 0.520. The van der Waals surface area contributed by atoms with Crippen molar-refractivity contribution < 1.29 is 9.53 Å². The average molecular weight is 359 g/mol. The molecule has 1 aliphatic rings. The molecular formula is C20H19ClO2S. The molecule has 0 spiro atoms. The number of ketones is 1. The summed E-state index contributed by atoms with van der Waals surface area (Å²) in [5.74, 6) is 2.09. The molecular weight excluding hydrogens is 340 g/mol. The highest BCUT2D eigenvalue weighted by molar-refractivity contribution is 8.03. The van der Waals surface area contributed by atoms with Crippen LogP contribution >= 0.6 is 23.4 Å². The van der Waals surface area contributed by atoms with E-state index in [-0.39, 0.29) is 11.7 Å². The van der Waals surface area contributed by atoms with Crippen LogP contribution in [0.3, 0.4) is 0 Å². The predicted octanol–water partition coefficient (Wildman–Crippen LogP) is 5.57. The van der Waals surface area contributed by atoms with Gasteiger partial charge in [-0.05, 0) is 41.1 Å². The number of methoxy groups -OCH3 is 1. The van der Waals surface area contributed by atoms with Crippen LogP contribution in [-0.2, 0) is 4.79 Å². The van der Waals surface area contributed by atoms with E-state index >= 15 is 0 Å². The largest absolute Gasteiger partial charge is 0.497 e. The van der Waals surface area contributed by atoms with Crippen molar-refractivity contribution in [1.82, 2.24) is 0 Å². The maximum absolute atomic E-state index is 12.7. The molecule has 124 valence electrons. The molecule has 0 saturated heterocycles. The first kappa shape index (κ1) is 17.1. The number of rotatable bonds is 5. The first-order chi connectivity index (χ1) is 11.6. The van der Waals surface area contributed by atoms with Crippen LogP contribution in [0.25, 0.3) is 5.57 Å². The lowest BCUT2D eigenvalue weighted by molar-refractivity contribution is -0.113. The fourth-order valence-electron chi connectivity index (χ4n) is 3.05. The Morgan fingerprint density at radius 1 is 1.12 bits per heavy atom. The minimum Gasteiger partial charge on any atom is -0.497 e. The topological polar surface area (TPSA) is 26.3 Å². The second-order valence-electron chi connectivity index (χ2n) is 5.63. The number of benzene rings is 2. The monoisotopic (exact) mass is 358 g/mol. The highest BCUT2D eigenvalue weighted by atomic mass is 35.5. The number of carbonyl (C=O) groups excluding carboxylic acids is 1. The Kier molecular flexibility index (Phi) is 5.32. The second-order valence-corrected chi connectivity index (χ2v) is 7.37. The van der Waals surface area contributed by atoms with Crippen LogP contribution in [0.15, 0.2) is 53.4 Å². The Balaban J connectivity index is 2.04. The van der Waals surface area contributed by atoms with E-state index in [1.807, 2.05) is 36.4 Å². The fraction of sp³-hybridized carbons (Fsp3) is 0.250. The van der Waals surface area contributed by atoms with E-state index in [0.717, 1.165) is 33.1 Å². The van der Waals surface area contributed by atoms with Gasteiger partial charge in [-0.15, -0.1) is 11.8 Å². The number of halogens is 1. The van der Waals surface area contributed by atoms with Gasteiger partial charge in [-0.2, -0.15) is 0 Å².